The van der Waals surface area contributed by atoms with Crippen LogP contribution in [0.15, 0.2) is 10.7 Å². The van der Waals surface area contributed by atoms with Crippen LogP contribution in [0.1, 0.15) is 23.2 Å². The molecule has 0 aromatic carbocycles. The minimum atomic E-state index is -2.80. The normalized spacial score (nSPS) is 9.73. The minimum Gasteiger partial charge on any atom is -0.238 e. The van der Waals surface area contributed by atoms with Gasteiger partial charge in [0, 0.05) is 5.56 Å². The van der Waals surface area contributed by atoms with Crippen LogP contribution in [0, 0.1) is 22.7 Å². The van der Waals surface area contributed by atoms with Crippen molar-refractivity contribution in [1.29, 1.82) is 10.5 Å². The van der Waals surface area contributed by atoms with Gasteiger partial charge in [-0.2, -0.15) is 10.5 Å². The number of pyridine rings is 1. The van der Waals surface area contributed by atoms with Gasteiger partial charge >= 0.3 is 0 Å². The van der Waals surface area contributed by atoms with Gasteiger partial charge in [-0.05, 0) is 22.0 Å². The van der Waals surface area contributed by atoms with Gasteiger partial charge < -0.3 is 0 Å². The van der Waals surface area contributed by atoms with Crippen molar-refractivity contribution in [2.45, 2.75) is 12.8 Å². The highest BCUT2D eigenvalue weighted by molar-refractivity contribution is 9.10. The second kappa shape index (κ2) is 4.81. The van der Waals surface area contributed by atoms with Crippen molar-refractivity contribution < 1.29 is 8.78 Å². The summed E-state index contributed by atoms with van der Waals surface area (Å²) in [7, 11) is 0. The Morgan fingerprint density at radius 1 is 1.47 bits per heavy atom. The SMILES string of the molecule is N#CCc1cc(C#N)c(C(F)F)nc1Br. The molecule has 0 saturated carbocycles. The zero-order valence-corrected chi connectivity index (χ0v) is 8.92. The molecule has 1 aromatic rings. The summed E-state index contributed by atoms with van der Waals surface area (Å²) in [4.78, 5) is 3.56. The van der Waals surface area contributed by atoms with Crippen LogP contribution < -0.4 is 0 Å². The maximum Gasteiger partial charge on any atom is 0.281 e. The summed E-state index contributed by atoms with van der Waals surface area (Å²) in [5.41, 5.74) is -0.331. The summed E-state index contributed by atoms with van der Waals surface area (Å²) < 4.78 is 25.0. The Bertz CT molecular complexity index is 460. The first-order chi connectivity index (χ1) is 7.10. The van der Waals surface area contributed by atoms with E-state index in [0.29, 0.717) is 5.56 Å². The van der Waals surface area contributed by atoms with Crippen molar-refractivity contribution in [2.75, 3.05) is 0 Å². The maximum atomic E-state index is 12.4. The first kappa shape index (κ1) is 11.5. The van der Waals surface area contributed by atoms with Crippen LogP contribution in [0.4, 0.5) is 8.78 Å². The number of halogens is 3. The third kappa shape index (κ3) is 2.48. The molecule has 0 saturated heterocycles. The van der Waals surface area contributed by atoms with Gasteiger partial charge in [0.05, 0.1) is 18.1 Å². The largest absolute Gasteiger partial charge is 0.281 e. The van der Waals surface area contributed by atoms with Gasteiger partial charge in [0.15, 0.2) is 0 Å². The lowest BCUT2D eigenvalue weighted by Crippen LogP contribution is -1.99. The van der Waals surface area contributed by atoms with Crippen molar-refractivity contribution in [3.05, 3.63) is 27.5 Å². The zero-order chi connectivity index (χ0) is 11.4. The average Bonchev–Trinajstić information content (AvgIpc) is 2.20. The topological polar surface area (TPSA) is 60.5 Å². The Hall–Kier alpha value is -1.53. The fourth-order valence-corrected chi connectivity index (χ4v) is 1.46. The van der Waals surface area contributed by atoms with Crippen LogP contribution in [0.25, 0.3) is 0 Å². The Balaban J connectivity index is 3.32. The summed E-state index contributed by atoms with van der Waals surface area (Å²) in [5, 5.41) is 17.1. The van der Waals surface area contributed by atoms with Crippen LogP contribution in [-0.4, -0.2) is 4.98 Å². The number of nitrogens with zero attached hydrogens (tertiary/aromatic N) is 3. The van der Waals surface area contributed by atoms with E-state index in [4.69, 9.17) is 10.5 Å². The van der Waals surface area contributed by atoms with E-state index in [1.807, 2.05) is 6.07 Å². The average molecular weight is 272 g/mol. The summed E-state index contributed by atoms with van der Waals surface area (Å²) in [6, 6.07) is 4.74. The molecule has 0 fully saturated rings. The van der Waals surface area contributed by atoms with Gasteiger partial charge in [0.1, 0.15) is 16.4 Å². The Labute approximate surface area is 93.1 Å². The highest BCUT2D eigenvalue weighted by Crippen LogP contribution is 2.25. The molecule has 0 amide bonds. The fourth-order valence-electron chi connectivity index (χ4n) is 1.01. The summed E-state index contributed by atoms with van der Waals surface area (Å²) >= 11 is 2.97. The lowest BCUT2D eigenvalue weighted by molar-refractivity contribution is 0.145. The first-order valence-electron chi connectivity index (χ1n) is 3.84. The highest BCUT2D eigenvalue weighted by Gasteiger charge is 2.17. The van der Waals surface area contributed by atoms with Crippen LogP contribution in [0.2, 0.25) is 0 Å². The lowest BCUT2D eigenvalue weighted by atomic mass is 10.1. The third-order valence-corrected chi connectivity index (χ3v) is 2.36. The molecule has 0 aliphatic carbocycles. The fraction of sp³-hybridized carbons (Fsp3) is 0.222. The molecular weight excluding hydrogens is 268 g/mol. The van der Waals surface area contributed by atoms with Crippen molar-refractivity contribution in [3.8, 4) is 12.1 Å². The molecule has 0 unspecified atom stereocenters. The monoisotopic (exact) mass is 271 g/mol. The smallest absolute Gasteiger partial charge is 0.238 e. The van der Waals surface area contributed by atoms with E-state index in [1.54, 1.807) is 6.07 Å². The number of nitriles is 2. The van der Waals surface area contributed by atoms with Crippen molar-refractivity contribution in [3.63, 3.8) is 0 Å². The molecule has 0 aliphatic heterocycles. The van der Waals surface area contributed by atoms with E-state index >= 15 is 0 Å². The second-order valence-electron chi connectivity index (χ2n) is 2.62. The van der Waals surface area contributed by atoms with Crippen molar-refractivity contribution >= 4 is 15.9 Å². The lowest BCUT2D eigenvalue weighted by Gasteiger charge is -2.05. The van der Waals surface area contributed by atoms with Gasteiger partial charge in [-0.3, -0.25) is 0 Å². The molecule has 0 atom stereocenters. The molecule has 1 aromatic heterocycles. The van der Waals surface area contributed by atoms with E-state index in [2.05, 4.69) is 20.9 Å². The number of alkyl halides is 2. The van der Waals surface area contributed by atoms with Gasteiger partial charge in [-0.25, -0.2) is 13.8 Å². The maximum absolute atomic E-state index is 12.4. The number of aromatic nitrogens is 1. The molecule has 76 valence electrons. The predicted octanol–water partition coefficient (Wildman–Crippen LogP) is 2.72. The summed E-state index contributed by atoms with van der Waals surface area (Å²) in [6.45, 7) is 0. The van der Waals surface area contributed by atoms with Gasteiger partial charge in [-0.1, -0.05) is 0 Å². The Morgan fingerprint density at radius 3 is 2.60 bits per heavy atom. The summed E-state index contributed by atoms with van der Waals surface area (Å²) in [6.07, 6.45) is -2.78. The van der Waals surface area contributed by atoms with E-state index in [0.717, 1.165) is 0 Å². The molecule has 3 nitrogen and oxygen atoms in total. The zero-order valence-electron chi connectivity index (χ0n) is 7.34. The van der Waals surface area contributed by atoms with Gasteiger partial charge in [0.25, 0.3) is 6.43 Å². The van der Waals surface area contributed by atoms with Crippen molar-refractivity contribution in [1.82, 2.24) is 4.98 Å². The Morgan fingerprint density at radius 2 is 2.13 bits per heavy atom. The van der Waals surface area contributed by atoms with Crippen LogP contribution in [0.3, 0.4) is 0 Å². The van der Waals surface area contributed by atoms with Crippen LogP contribution in [-0.2, 0) is 6.42 Å². The molecule has 1 rings (SSSR count). The van der Waals surface area contributed by atoms with E-state index in [9.17, 15) is 8.78 Å². The molecule has 1 heterocycles. The minimum absolute atomic E-state index is 0.0196. The quantitative estimate of drug-likeness (QED) is 0.777. The molecular formula is C9H4BrF2N3. The van der Waals surface area contributed by atoms with E-state index < -0.39 is 12.1 Å². The van der Waals surface area contributed by atoms with Crippen molar-refractivity contribution in [2.24, 2.45) is 0 Å². The first-order valence-corrected chi connectivity index (χ1v) is 4.64. The molecule has 0 aliphatic rings. The van der Waals surface area contributed by atoms with Crippen LogP contribution >= 0.6 is 15.9 Å². The molecule has 0 spiro atoms. The number of rotatable bonds is 2. The summed E-state index contributed by atoms with van der Waals surface area (Å²) in [5.74, 6) is 0. The van der Waals surface area contributed by atoms with E-state index in [-0.39, 0.29) is 16.6 Å². The van der Waals surface area contributed by atoms with Crippen LogP contribution in [0.5, 0.6) is 0 Å². The van der Waals surface area contributed by atoms with E-state index in [1.165, 1.54) is 6.07 Å². The molecule has 15 heavy (non-hydrogen) atoms. The Kier molecular flexibility index (Phi) is 3.70. The molecule has 0 radical (unpaired) electrons. The van der Waals surface area contributed by atoms with Gasteiger partial charge in [-0.15, -0.1) is 0 Å². The predicted molar refractivity (Wildman–Crippen MR) is 50.9 cm³/mol. The van der Waals surface area contributed by atoms with Gasteiger partial charge in [0.2, 0.25) is 0 Å². The third-order valence-electron chi connectivity index (χ3n) is 1.67. The highest BCUT2D eigenvalue weighted by atomic mass is 79.9. The molecule has 0 N–H and O–H groups in total. The molecule has 6 heteroatoms. The number of hydrogen-bond acceptors (Lipinski definition) is 3. The standard InChI is InChI=1S/C9H4BrF2N3/c10-8-5(1-2-13)3-6(4-14)7(15-8)9(11)12/h3,9H,1H2. The second-order valence-corrected chi connectivity index (χ2v) is 3.37. The molecule has 0 bridgehead atoms. The number of hydrogen-bond donors (Lipinski definition) is 0.